The minimum atomic E-state index is -1.98. The van der Waals surface area contributed by atoms with Gasteiger partial charge in [0.15, 0.2) is 6.04 Å². The number of hydrogen-bond donors (Lipinski definition) is 4. The molecule has 21 heavy (non-hydrogen) atoms. The van der Waals surface area contributed by atoms with Crippen LogP contribution in [0.5, 0.6) is 0 Å². The zero-order chi connectivity index (χ0) is 16.7. The standard InChI is InChI=1S/C11H19N3O7/c1-5(2)3-6(12)10(17)13-9(11(18)19)7(14(20)21)4-8(15)16/h5-7,9H,3-4,12H2,1-2H3,(H,13,17)(H,15,16)(H,18,19)/t6-,7?,9-/m0/s1. The Hall–Kier alpha value is -2.23. The predicted molar refractivity (Wildman–Crippen MR) is 70.0 cm³/mol. The number of aliphatic carboxylic acids is 2. The van der Waals surface area contributed by atoms with E-state index in [2.05, 4.69) is 0 Å². The lowest BCUT2D eigenvalue weighted by molar-refractivity contribution is -0.523. The molecule has 0 radical (unpaired) electrons. The maximum Gasteiger partial charge on any atom is 0.333 e. The van der Waals surface area contributed by atoms with Gasteiger partial charge in [0, 0.05) is 4.92 Å². The first-order chi connectivity index (χ1) is 9.56. The van der Waals surface area contributed by atoms with Crippen LogP contribution in [0, 0.1) is 16.0 Å². The highest BCUT2D eigenvalue weighted by atomic mass is 16.6. The summed E-state index contributed by atoms with van der Waals surface area (Å²) in [6.07, 6.45) is -0.760. The van der Waals surface area contributed by atoms with Gasteiger partial charge in [0.1, 0.15) is 6.42 Å². The topological polar surface area (TPSA) is 173 Å². The van der Waals surface area contributed by atoms with Gasteiger partial charge in [-0.05, 0) is 12.3 Å². The Morgan fingerprint density at radius 1 is 1.29 bits per heavy atom. The summed E-state index contributed by atoms with van der Waals surface area (Å²) in [6, 6.07) is -4.96. The van der Waals surface area contributed by atoms with Crippen LogP contribution in [0.15, 0.2) is 0 Å². The fraction of sp³-hybridized carbons (Fsp3) is 0.727. The zero-order valence-electron chi connectivity index (χ0n) is 11.7. The number of nitrogens with two attached hydrogens (primary N) is 1. The Morgan fingerprint density at radius 3 is 2.14 bits per heavy atom. The number of carboxylic acid groups (broad SMARTS) is 2. The van der Waals surface area contributed by atoms with Crippen LogP contribution in [-0.2, 0) is 14.4 Å². The maximum absolute atomic E-state index is 11.7. The summed E-state index contributed by atoms with van der Waals surface area (Å²) in [5.74, 6) is -4.03. The lowest BCUT2D eigenvalue weighted by Gasteiger charge is -2.20. The van der Waals surface area contributed by atoms with E-state index in [9.17, 15) is 24.5 Å². The molecule has 120 valence electrons. The van der Waals surface area contributed by atoms with Gasteiger partial charge < -0.3 is 21.3 Å². The van der Waals surface area contributed by atoms with Gasteiger partial charge >= 0.3 is 11.9 Å². The molecule has 10 nitrogen and oxygen atoms in total. The monoisotopic (exact) mass is 305 g/mol. The quantitative estimate of drug-likeness (QED) is 0.311. The number of carbonyl (C=O) groups is 3. The van der Waals surface area contributed by atoms with Crippen LogP contribution in [-0.4, -0.2) is 51.1 Å². The minimum Gasteiger partial charge on any atom is -0.481 e. The summed E-state index contributed by atoms with van der Waals surface area (Å²) in [5, 5.41) is 30.3. The van der Waals surface area contributed by atoms with Gasteiger partial charge in [0.05, 0.1) is 6.04 Å². The summed E-state index contributed by atoms with van der Waals surface area (Å²) >= 11 is 0. The molecule has 3 atom stereocenters. The van der Waals surface area contributed by atoms with E-state index in [1.807, 2.05) is 5.32 Å². The molecule has 0 saturated heterocycles. The molecule has 1 amide bonds. The first-order valence-corrected chi connectivity index (χ1v) is 6.20. The third-order valence-electron chi connectivity index (χ3n) is 2.67. The molecule has 0 aromatic heterocycles. The first-order valence-electron chi connectivity index (χ1n) is 6.20. The fourth-order valence-corrected chi connectivity index (χ4v) is 1.69. The Bertz CT molecular complexity index is 424. The highest BCUT2D eigenvalue weighted by molar-refractivity contribution is 5.87. The van der Waals surface area contributed by atoms with E-state index in [1.165, 1.54) is 0 Å². The number of carbonyl (C=O) groups excluding carboxylic acids is 1. The summed E-state index contributed by atoms with van der Waals surface area (Å²) in [4.78, 5) is 43.1. The second-order valence-corrected chi connectivity index (χ2v) is 5.01. The largest absolute Gasteiger partial charge is 0.481 e. The smallest absolute Gasteiger partial charge is 0.333 e. The molecule has 0 aliphatic heterocycles. The molecule has 5 N–H and O–H groups in total. The molecule has 0 heterocycles. The van der Waals surface area contributed by atoms with Crippen LogP contribution in [0.1, 0.15) is 26.7 Å². The van der Waals surface area contributed by atoms with Gasteiger partial charge in [0.2, 0.25) is 5.91 Å². The van der Waals surface area contributed by atoms with Gasteiger partial charge in [0.25, 0.3) is 6.04 Å². The van der Waals surface area contributed by atoms with Crippen molar-refractivity contribution in [3.63, 3.8) is 0 Å². The molecule has 0 aromatic carbocycles. The van der Waals surface area contributed by atoms with Crippen molar-refractivity contribution >= 4 is 17.8 Å². The molecule has 0 saturated carbocycles. The predicted octanol–water partition coefficient (Wildman–Crippen LogP) is -0.951. The number of rotatable bonds is 9. The molecule has 1 unspecified atom stereocenters. The molecule has 0 aliphatic rings. The number of hydrogen-bond acceptors (Lipinski definition) is 6. The molecule has 0 spiro atoms. The number of amides is 1. The number of nitrogens with one attached hydrogen (secondary N) is 1. The molecule has 0 bridgehead atoms. The van der Waals surface area contributed by atoms with Crippen molar-refractivity contribution in [2.24, 2.45) is 11.7 Å². The molecule has 0 aliphatic carbocycles. The zero-order valence-corrected chi connectivity index (χ0v) is 11.7. The second-order valence-electron chi connectivity index (χ2n) is 5.01. The van der Waals surface area contributed by atoms with Gasteiger partial charge in [-0.3, -0.25) is 19.7 Å². The van der Waals surface area contributed by atoms with E-state index in [4.69, 9.17) is 15.9 Å². The van der Waals surface area contributed by atoms with Crippen LogP contribution in [0.25, 0.3) is 0 Å². The SMILES string of the molecule is CC(C)C[C@H](N)C(=O)N[C@H](C(=O)O)C(CC(=O)O)[N+](=O)[O-]. The van der Waals surface area contributed by atoms with E-state index < -0.39 is 47.3 Å². The first kappa shape index (κ1) is 18.8. The Labute approximate surface area is 120 Å². The number of nitro groups is 1. The lowest BCUT2D eigenvalue weighted by atomic mass is 10.0. The fourth-order valence-electron chi connectivity index (χ4n) is 1.69. The van der Waals surface area contributed by atoms with Gasteiger partial charge in [-0.15, -0.1) is 0 Å². The summed E-state index contributed by atoms with van der Waals surface area (Å²) in [6.45, 7) is 3.60. The Morgan fingerprint density at radius 2 is 1.81 bits per heavy atom. The molecule has 0 fully saturated rings. The van der Waals surface area contributed by atoms with Crippen LogP contribution in [0.3, 0.4) is 0 Å². The molecular formula is C11H19N3O7. The van der Waals surface area contributed by atoms with Crippen molar-refractivity contribution in [3.05, 3.63) is 10.1 Å². The number of nitrogens with zero attached hydrogens (tertiary/aromatic N) is 1. The van der Waals surface area contributed by atoms with Gasteiger partial charge in [-0.25, -0.2) is 4.79 Å². The van der Waals surface area contributed by atoms with Crippen LogP contribution >= 0.6 is 0 Å². The summed E-state index contributed by atoms with van der Waals surface area (Å²) in [7, 11) is 0. The van der Waals surface area contributed by atoms with Crippen LogP contribution < -0.4 is 11.1 Å². The van der Waals surface area contributed by atoms with Crippen molar-refractivity contribution in [1.82, 2.24) is 5.32 Å². The van der Waals surface area contributed by atoms with Crippen molar-refractivity contribution < 1.29 is 29.5 Å². The van der Waals surface area contributed by atoms with E-state index in [0.29, 0.717) is 0 Å². The van der Waals surface area contributed by atoms with Gasteiger partial charge in [-0.2, -0.15) is 0 Å². The highest BCUT2D eigenvalue weighted by Crippen LogP contribution is 2.07. The van der Waals surface area contributed by atoms with Gasteiger partial charge in [-0.1, -0.05) is 13.8 Å². The normalized spacial score (nSPS) is 15.0. The Balaban J connectivity index is 5.04. The lowest BCUT2D eigenvalue weighted by Crippen LogP contribution is -2.56. The van der Waals surface area contributed by atoms with Crippen LogP contribution in [0.2, 0.25) is 0 Å². The maximum atomic E-state index is 11.7. The van der Waals surface area contributed by atoms with E-state index >= 15 is 0 Å². The van der Waals surface area contributed by atoms with E-state index in [-0.39, 0.29) is 12.3 Å². The van der Waals surface area contributed by atoms with Crippen molar-refractivity contribution in [3.8, 4) is 0 Å². The van der Waals surface area contributed by atoms with Crippen molar-refractivity contribution in [2.45, 2.75) is 44.8 Å². The van der Waals surface area contributed by atoms with Crippen LogP contribution in [0.4, 0.5) is 0 Å². The van der Waals surface area contributed by atoms with E-state index in [1.54, 1.807) is 13.8 Å². The second kappa shape index (κ2) is 8.15. The molecule has 0 aromatic rings. The average molecular weight is 305 g/mol. The Kier molecular flexibility index (Phi) is 7.28. The van der Waals surface area contributed by atoms with Crippen molar-refractivity contribution in [2.75, 3.05) is 0 Å². The summed E-state index contributed by atoms with van der Waals surface area (Å²) in [5.41, 5.74) is 5.55. The molecule has 10 heteroatoms. The third kappa shape index (κ3) is 6.65. The molecule has 0 rings (SSSR count). The minimum absolute atomic E-state index is 0.0689. The highest BCUT2D eigenvalue weighted by Gasteiger charge is 2.40. The average Bonchev–Trinajstić information content (AvgIpc) is 2.31. The van der Waals surface area contributed by atoms with Crippen molar-refractivity contribution in [1.29, 1.82) is 0 Å². The summed E-state index contributed by atoms with van der Waals surface area (Å²) < 4.78 is 0. The van der Waals surface area contributed by atoms with E-state index in [0.717, 1.165) is 0 Å². The number of carboxylic acids is 2. The molecular weight excluding hydrogens is 286 g/mol. The third-order valence-corrected chi connectivity index (χ3v) is 2.67.